The van der Waals surface area contributed by atoms with Gasteiger partial charge < -0.3 is 10.8 Å². The summed E-state index contributed by atoms with van der Waals surface area (Å²) < 4.78 is 0. The molecule has 0 aliphatic heterocycles. The SMILES string of the molecule is CC(C)(O)c1cc2c(-c3ccc(Cl)cc3Cl)nc(N)nc2s1. The number of hydrogen-bond acceptors (Lipinski definition) is 5. The molecule has 0 bridgehead atoms. The fourth-order valence-corrected chi connectivity index (χ4v) is 3.66. The second-order valence-electron chi connectivity index (χ2n) is 5.44. The molecule has 3 aromatic rings. The number of rotatable bonds is 2. The molecule has 4 nitrogen and oxygen atoms in total. The normalized spacial score (nSPS) is 12.0. The Hall–Kier alpha value is -1.40. The van der Waals surface area contributed by atoms with E-state index in [4.69, 9.17) is 28.9 Å². The predicted molar refractivity (Wildman–Crippen MR) is 92.5 cm³/mol. The lowest BCUT2D eigenvalue weighted by Crippen LogP contribution is -2.12. The maximum atomic E-state index is 10.2. The summed E-state index contributed by atoms with van der Waals surface area (Å²) in [5, 5.41) is 12.0. The Bertz CT molecular complexity index is 871. The van der Waals surface area contributed by atoms with Gasteiger partial charge in [-0.05, 0) is 38.1 Å². The molecule has 3 rings (SSSR count). The average Bonchev–Trinajstić information content (AvgIpc) is 2.81. The van der Waals surface area contributed by atoms with E-state index in [9.17, 15) is 5.11 Å². The van der Waals surface area contributed by atoms with Crippen LogP contribution in [0.15, 0.2) is 24.3 Å². The molecule has 0 radical (unpaired) electrons. The van der Waals surface area contributed by atoms with E-state index in [2.05, 4.69) is 9.97 Å². The van der Waals surface area contributed by atoms with Crippen molar-refractivity contribution in [2.45, 2.75) is 19.4 Å². The van der Waals surface area contributed by atoms with Gasteiger partial charge in [0.15, 0.2) is 0 Å². The van der Waals surface area contributed by atoms with Gasteiger partial charge in [-0.3, -0.25) is 0 Å². The zero-order valence-electron chi connectivity index (χ0n) is 11.9. The number of thiophene rings is 1. The first-order valence-electron chi connectivity index (χ1n) is 6.51. The van der Waals surface area contributed by atoms with Gasteiger partial charge in [-0.2, -0.15) is 0 Å². The molecule has 0 spiro atoms. The molecule has 0 amide bonds. The third kappa shape index (κ3) is 2.77. The lowest BCUT2D eigenvalue weighted by atomic mass is 10.1. The van der Waals surface area contributed by atoms with E-state index >= 15 is 0 Å². The molecule has 3 N–H and O–H groups in total. The molecule has 2 aromatic heterocycles. The Morgan fingerprint density at radius 1 is 1.18 bits per heavy atom. The number of fused-ring (bicyclic) bond motifs is 1. The molecular formula is C15H13Cl2N3OS. The summed E-state index contributed by atoms with van der Waals surface area (Å²) in [5.41, 5.74) is 6.22. The monoisotopic (exact) mass is 353 g/mol. The van der Waals surface area contributed by atoms with Crippen LogP contribution in [0.3, 0.4) is 0 Å². The van der Waals surface area contributed by atoms with Crippen molar-refractivity contribution in [1.29, 1.82) is 0 Å². The number of aromatic nitrogens is 2. The maximum Gasteiger partial charge on any atom is 0.221 e. The minimum atomic E-state index is -0.957. The fraction of sp³-hybridized carbons (Fsp3) is 0.200. The van der Waals surface area contributed by atoms with E-state index < -0.39 is 5.60 Å². The first-order chi connectivity index (χ1) is 10.3. The summed E-state index contributed by atoms with van der Waals surface area (Å²) in [4.78, 5) is 10.1. The highest BCUT2D eigenvalue weighted by Crippen LogP contribution is 2.39. The fourth-order valence-electron chi connectivity index (χ4n) is 2.13. The van der Waals surface area contributed by atoms with Gasteiger partial charge >= 0.3 is 0 Å². The van der Waals surface area contributed by atoms with Crippen LogP contribution in [-0.4, -0.2) is 15.1 Å². The van der Waals surface area contributed by atoms with Crippen LogP contribution in [0, 0.1) is 0 Å². The lowest BCUT2D eigenvalue weighted by Gasteiger charge is -2.13. The van der Waals surface area contributed by atoms with Crippen LogP contribution >= 0.6 is 34.5 Å². The van der Waals surface area contributed by atoms with Gasteiger partial charge in [0.05, 0.1) is 16.3 Å². The first-order valence-corrected chi connectivity index (χ1v) is 8.08. The van der Waals surface area contributed by atoms with E-state index in [1.807, 2.05) is 6.07 Å². The van der Waals surface area contributed by atoms with Crippen LogP contribution in [0.5, 0.6) is 0 Å². The zero-order valence-corrected chi connectivity index (χ0v) is 14.2. The van der Waals surface area contributed by atoms with E-state index in [1.54, 1.807) is 32.0 Å². The third-order valence-electron chi connectivity index (χ3n) is 3.20. The molecule has 0 aliphatic rings. The standard InChI is InChI=1S/C15H13Cl2N3OS/c1-15(2,21)11-6-9-12(19-14(18)20-13(9)22-11)8-4-3-7(16)5-10(8)17/h3-6,21H,1-2H3,(H2,18,19,20). The molecule has 0 atom stereocenters. The van der Waals surface area contributed by atoms with E-state index in [0.717, 1.165) is 15.8 Å². The van der Waals surface area contributed by atoms with Crippen molar-refractivity contribution in [2.24, 2.45) is 0 Å². The number of anilines is 1. The molecule has 22 heavy (non-hydrogen) atoms. The van der Waals surface area contributed by atoms with Crippen molar-refractivity contribution in [3.63, 3.8) is 0 Å². The highest BCUT2D eigenvalue weighted by Gasteiger charge is 2.22. The Kier molecular flexibility index (Phi) is 3.77. The number of nitrogens with two attached hydrogens (primary N) is 1. The summed E-state index contributed by atoms with van der Waals surface area (Å²) in [7, 11) is 0. The highest BCUT2D eigenvalue weighted by atomic mass is 35.5. The summed E-state index contributed by atoms with van der Waals surface area (Å²) >= 11 is 13.6. The third-order valence-corrected chi connectivity index (χ3v) is 5.09. The van der Waals surface area contributed by atoms with Gasteiger partial charge in [0.1, 0.15) is 4.83 Å². The van der Waals surface area contributed by atoms with Crippen molar-refractivity contribution in [3.05, 3.63) is 39.2 Å². The minimum absolute atomic E-state index is 0.165. The topological polar surface area (TPSA) is 72.0 Å². The molecule has 0 unspecified atom stereocenters. The van der Waals surface area contributed by atoms with Gasteiger partial charge in [-0.25, -0.2) is 9.97 Å². The number of aliphatic hydroxyl groups is 1. The Balaban J connectivity index is 2.31. The van der Waals surface area contributed by atoms with Gasteiger partial charge in [-0.15, -0.1) is 11.3 Å². The van der Waals surface area contributed by atoms with Gasteiger partial charge in [-0.1, -0.05) is 23.2 Å². The molecular weight excluding hydrogens is 341 g/mol. The van der Waals surface area contributed by atoms with E-state index in [0.29, 0.717) is 20.6 Å². The van der Waals surface area contributed by atoms with Crippen LogP contribution in [0.2, 0.25) is 10.0 Å². The van der Waals surface area contributed by atoms with E-state index in [1.165, 1.54) is 11.3 Å². The molecule has 0 aliphatic carbocycles. The van der Waals surface area contributed by atoms with Gasteiger partial charge in [0, 0.05) is 20.8 Å². The second-order valence-corrected chi connectivity index (χ2v) is 7.32. The van der Waals surface area contributed by atoms with Crippen LogP contribution in [0.4, 0.5) is 5.95 Å². The van der Waals surface area contributed by atoms with Gasteiger partial charge in [0.2, 0.25) is 5.95 Å². The Morgan fingerprint density at radius 2 is 1.91 bits per heavy atom. The summed E-state index contributed by atoms with van der Waals surface area (Å²) in [6, 6.07) is 7.08. The largest absolute Gasteiger partial charge is 0.385 e. The molecule has 0 saturated heterocycles. The molecule has 1 aromatic carbocycles. The average molecular weight is 354 g/mol. The van der Waals surface area contributed by atoms with Crippen molar-refractivity contribution < 1.29 is 5.11 Å². The number of hydrogen-bond donors (Lipinski definition) is 2. The summed E-state index contributed by atoms with van der Waals surface area (Å²) in [6.07, 6.45) is 0. The first kappa shape index (κ1) is 15.5. The van der Waals surface area contributed by atoms with E-state index in [-0.39, 0.29) is 5.95 Å². The lowest BCUT2D eigenvalue weighted by molar-refractivity contribution is 0.0826. The molecule has 0 fully saturated rings. The maximum absolute atomic E-state index is 10.2. The molecule has 0 saturated carbocycles. The van der Waals surface area contributed by atoms with Crippen molar-refractivity contribution in [2.75, 3.05) is 5.73 Å². The van der Waals surface area contributed by atoms with Crippen LogP contribution < -0.4 is 5.73 Å². The smallest absolute Gasteiger partial charge is 0.221 e. The summed E-state index contributed by atoms with van der Waals surface area (Å²) in [6.45, 7) is 3.45. The second kappa shape index (κ2) is 5.35. The Morgan fingerprint density at radius 3 is 2.55 bits per heavy atom. The summed E-state index contributed by atoms with van der Waals surface area (Å²) in [5.74, 6) is 0.165. The minimum Gasteiger partial charge on any atom is -0.385 e. The highest BCUT2D eigenvalue weighted by molar-refractivity contribution is 7.18. The number of benzene rings is 1. The van der Waals surface area contributed by atoms with Crippen molar-refractivity contribution >= 4 is 50.7 Å². The van der Waals surface area contributed by atoms with Crippen LogP contribution in [0.25, 0.3) is 21.5 Å². The van der Waals surface area contributed by atoms with Crippen LogP contribution in [0.1, 0.15) is 18.7 Å². The molecule has 2 heterocycles. The van der Waals surface area contributed by atoms with Crippen molar-refractivity contribution in [3.8, 4) is 11.3 Å². The van der Waals surface area contributed by atoms with Crippen molar-refractivity contribution in [1.82, 2.24) is 9.97 Å². The predicted octanol–water partition coefficient (Wildman–Crippen LogP) is 4.47. The van der Waals surface area contributed by atoms with Gasteiger partial charge in [0.25, 0.3) is 0 Å². The molecule has 114 valence electrons. The molecule has 7 heteroatoms. The Labute approximate surface area is 141 Å². The number of halogens is 2. The number of nitrogens with zero attached hydrogens (tertiary/aromatic N) is 2. The van der Waals surface area contributed by atoms with Crippen LogP contribution in [-0.2, 0) is 5.60 Å². The number of nitrogen functional groups attached to an aromatic ring is 1. The zero-order chi connectivity index (χ0) is 16.1. The quantitative estimate of drug-likeness (QED) is 0.712.